The standard InChI is InChI=1S/C15H14N2O3S/c16-9-8-12-4-6-15(7-5-12)21(19,20)17-14-3-1-2-13(10-14)11-18/h1-7,10,17-18H,8,11H2. The van der Waals surface area contributed by atoms with Crippen LogP contribution in [0.2, 0.25) is 0 Å². The third-order valence-corrected chi connectivity index (χ3v) is 4.28. The third kappa shape index (κ3) is 3.81. The number of rotatable bonds is 5. The average Bonchev–Trinajstić information content (AvgIpc) is 2.48. The summed E-state index contributed by atoms with van der Waals surface area (Å²) in [4.78, 5) is 0.124. The van der Waals surface area contributed by atoms with Gasteiger partial charge in [0.25, 0.3) is 10.0 Å². The first kappa shape index (κ1) is 15.0. The lowest BCUT2D eigenvalue weighted by atomic mass is 10.2. The summed E-state index contributed by atoms with van der Waals surface area (Å²) in [6, 6.07) is 14.7. The number of hydrogen-bond donors (Lipinski definition) is 2. The molecule has 2 N–H and O–H groups in total. The zero-order chi connectivity index (χ0) is 15.3. The van der Waals surface area contributed by atoms with Gasteiger partial charge in [-0.1, -0.05) is 24.3 Å². The fourth-order valence-electron chi connectivity index (χ4n) is 1.82. The SMILES string of the molecule is N#CCc1ccc(S(=O)(=O)Nc2cccc(CO)c2)cc1. The molecule has 0 spiro atoms. The van der Waals surface area contributed by atoms with Crippen molar-refractivity contribution in [2.75, 3.05) is 4.72 Å². The molecule has 0 saturated carbocycles. The van der Waals surface area contributed by atoms with Crippen molar-refractivity contribution in [1.82, 2.24) is 0 Å². The number of nitrogens with one attached hydrogen (secondary N) is 1. The molecule has 21 heavy (non-hydrogen) atoms. The van der Waals surface area contributed by atoms with Crippen LogP contribution in [0.3, 0.4) is 0 Å². The maximum atomic E-state index is 12.2. The molecule has 0 aliphatic heterocycles. The van der Waals surface area contributed by atoms with Crippen LogP contribution < -0.4 is 4.72 Å². The van der Waals surface area contributed by atoms with E-state index < -0.39 is 10.0 Å². The van der Waals surface area contributed by atoms with Crippen molar-refractivity contribution in [3.05, 3.63) is 59.7 Å². The highest BCUT2D eigenvalue weighted by Crippen LogP contribution is 2.18. The van der Waals surface area contributed by atoms with E-state index in [1.807, 2.05) is 6.07 Å². The van der Waals surface area contributed by atoms with E-state index in [0.717, 1.165) is 5.56 Å². The first-order valence-electron chi connectivity index (χ1n) is 6.23. The van der Waals surface area contributed by atoms with Gasteiger partial charge in [0.1, 0.15) is 0 Å². The molecule has 0 unspecified atom stereocenters. The maximum Gasteiger partial charge on any atom is 0.261 e. The van der Waals surface area contributed by atoms with E-state index in [1.54, 1.807) is 36.4 Å². The first-order chi connectivity index (χ1) is 10.0. The lowest BCUT2D eigenvalue weighted by Crippen LogP contribution is -2.13. The Labute approximate surface area is 123 Å². The van der Waals surface area contributed by atoms with Crippen LogP contribution in [-0.4, -0.2) is 13.5 Å². The Balaban J connectivity index is 2.23. The van der Waals surface area contributed by atoms with E-state index in [-0.39, 0.29) is 17.9 Å². The molecule has 0 aliphatic carbocycles. The van der Waals surface area contributed by atoms with Crippen molar-refractivity contribution in [2.24, 2.45) is 0 Å². The van der Waals surface area contributed by atoms with Crippen LogP contribution in [0.4, 0.5) is 5.69 Å². The predicted molar refractivity (Wildman–Crippen MR) is 78.9 cm³/mol. The van der Waals surface area contributed by atoms with Gasteiger partial charge in [-0.05, 0) is 35.4 Å². The van der Waals surface area contributed by atoms with E-state index in [2.05, 4.69) is 4.72 Å². The summed E-state index contributed by atoms with van der Waals surface area (Å²) < 4.78 is 26.9. The molecule has 0 aromatic heterocycles. The highest BCUT2D eigenvalue weighted by atomic mass is 32.2. The van der Waals surface area contributed by atoms with Crippen LogP contribution in [0, 0.1) is 11.3 Å². The third-order valence-electron chi connectivity index (χ3n) is 2.88. The minimum atomic E-state index is -3.68. The molecule has 2 aromatic carbocycles. The number of sulfonamides is 1. The molecule has 0 heterocycles. The molecule has 2 rings (SSSR count). The largest absolute Gasteiger partial charge is 0.392 e. The molecule has 0 radical (unpaired) electrons. The molecule has 0 fully saturated rings. The van der Waals surface area contributed by atoms with Crippen molar-refractivity contribution in [2.45, 2.75) is 17.9 Å². The molecule has 0 bridgehead atoms. The summed E-state index contributed by atoms with van der Waals surface area (Å²) in [5.74, 6) is 0. The van der Waals surface area contributed by atoms with Gasteiger partial charge in [-0.3, -0.25) is 4.72 Å². The Hall–Kier alpha value is -2.36. The predicted octanol–water partition coefficient (Wildman–Crippen LogP) is 2.05. The molecule has 0 atom stereocenters. The molecule has 5 nitrogen and oxygen atoms in total. The monoisotopic (exact) mass is 302 g/mol. The molecule has 0 aliphatic rings. The second-order valence-corrected chi connectivity index (χ2v) is 6.13. The maximum absolute atomic E-state index is 12.2. The van der Waals surface area contributed by atoms with Crippen molar-refractivity contribution in [1.29, 1.82) is 5.26 Å². The van der Waals surface area contributed by atoms with Gasteiger partial charge >= 0.3 is 0 Å². The first-order valence-corrected chi connectivity index (χ1v) is 7.72. The topological polar surface area (TPSA) is 90.2 Å². The van der Waals surface area contributed by atoms with Gasteiger partial charge < -0.3 is 5.11 Å². The van der Waals surface area contributed by atoms with Gasteiger partial charge in [0.05, 0.1) is 24.0 Å². The molecule has 108 valence electrons. The van der Waals surface area contributed by atoms with Crippen LogP contribution in [-0.2, 0) is 23.1 Å². The highest BCUT2D eigenvalue weighted by Gasteiger charge is 2.14. The van der Waals surface area contributed by atoms with Crippen LogP contribution in [0.5, 0.6) is 0 Å². The molecule has 0 amide bonds. The fraction of sp³-hybridized carbons (Fsp3) is 0.133. The number of nitriles is 1. The zero-order valence-corrected chi connectivity index (χ0v) is 12.0. The molecule has 2 aromatic rings. The molecule has 6 heteroatoms. The van der Waals surface area contributed by atoms with Crippen LogP contribution >= 0.6 is 0 Å². The second-order valence-electron chi connectivity index (χ2n) is 4.44. The van der Waals surface area contributed by atoms with Gasteiger partial charge in [0, 0.05) is 5.69 Å². The molecular formula is C15H14N2O3S. The van der Waals surface area contributed by atoms with Crippen molar-refractivity contribution in [3.63, 3.8) is 0 Å². The van der Waals surface area contributed by atoms with Gasteiger partial charge in [-0.15, -0.1) is 0 Å². The van der Waals surface area contributed by atoms with E-state index in [4.69, 9.17) is 10.4 Å². The van der Waals surface area contributed by atoms with Crippen molar-refractivity contribution in [3.8, 4) is 6.07 Å². The van der Waals surface area contributed by atoms with Gasteiger partial charge in [-0.2, -0.15) is 5.26 Å². The summed E-state index contributed by atoms with van der Waals surface area (Å²) in [5.41, 5.74) is 1.78. The summed E-state index contributed by atoms with van der Waals surface area (Å²) in [7, 11) is -3.68. The zero-order valence-electron chi connectivity index (χ0n) is 11.2. The van der Waals surface area contributed by atoms with Gasteiger partial charge in [0.2, 0.25) is 0 Å². The Kier molecular flexibility index (Phi) is 4.58. The highest BCUT2D eigenvalue weighted by molar-refractivity contribution is 7.92. The number of aliphatic hydroxyl groups is 1. The minimum absolute atomic E-state index is 0.124. The van der Waals surface area contributed by atoms with E-state index in [1.165, 1.54) is 12.1 Å². The number of nitrogens with zero attached hydrogens (tertiary/aromatic N) is 1. The smallest absolute Gasteiger partial charge is 0.261 e. The number of anilines is 1. The van der Waals surface area contributed by atoms with E-state index in [0.29, 0.717) is 11.3 Å². The minimum Gasteiger partial charge on any atom is -0.392 e. The Morgan fingerprint density at radius 3 is 2.43 bits per heavy atom. The quantitative estimate of drug-likeness (QED) is 0.884. The lowest BCUT2D eigenvalue weighted by molar-refractivity contribution is 0.282. The van der Waals surface area contributed by atoms with Gasteiger partial charge in [0.15, 0.2) is 0 Å². The number of hydrogen-bond acceptors (Lipinski definition) is 4. The average molecular weight is 302 g/mol. The summed E-state index contributed by atoms with van der Waals surface area (Å²) >= 11 is 0. The Morgan fingerprint density at radius 1 is 1.10 bits per heavy atom. The van der Waals surface area contributed by atoms with Crippen LogP contribution in [0.25, 0.3) is 0 Å². The Morgan fingerprint density at radius 2 is 1.81 bits per heavy atom. The summed E-state index contributed by atoms with van der Waals surface area (Å²) in [5, 5.41) is 17.6. The second kappa shape index (κ2) is 6.39. The summed E-state index contributed by atoms with van der Waals surface area (Å²) in [6.45, 7) is -0.154. The van der Waals surface area contributed by atoms with Crippen molar-refractivity contribution < 1.29 is 13.5 Å². The molecular weight excluding hydrogens is 288 g/mol. The summed E-state index contributed by atoms with van der Waals surface area (Å²) in [6.07, 6.45) is 0.242. The number of aliphatic hydroxyl groups excluding tert-OH is 1. The Bertz CT molecular complexity index is 762. The normalized spacial score (nSPS) is 10.9. The fourth-order valence-corrected chi connectivity index (χ4v) is 2.87. The van der Waals surface area contributed by atoms with Crippen molar-refractivity contribution >= 4 is 15.7 Å². The number of benzene rings is 2. The van der Waals surface area contributed by atoms with E-state index >= 15 is 0 Å². The van der Waals surface area contributed by atoms with Crippen LogP contribution in [0.15, 0.2) is 53.4 Å². The van der Waals surface area contributed by atoms with E-state index in [9.17, 15) is 8.42 Å². The van der Waals surface area contributed by atoms with Crippen LogP contribution in [0.1, 0.15) is 11.1 Å². The lowest BCUT2D eigenvalue weighted by Gasteiger charge is -2.09. The van der Waals surface area contributed by atoms with Gasteiger partial charge in [-0.25, -0.2) is 8.42 Å². The molecule has 0 saturated heterocycles.